The largest absolute Gasteiger partial charge is 0.330 e. The molecule has 1 aromatic heterocycles. The molecule has 2 aliphatic heterocycles. The highest BCUT2D eigenvalue weighted by Crippen LogP contribution is 2.31. The summed E-state index contributed by atoms with van der Waals surface area (Å²) in [6.07, 6.45) is 4.72. The number of sulfonamides is 1. The van der Waals surface area contributed by atoms with Gasteiger partial charge in [-0.2, -0.15) is 0 Å². The van der Waals surface area contributed by atoms with Crippen LogP contribution in [0.2, 0.25) is 0 Å². The van der Waals surface area contributed by atoms with Crippen molar-refractivity contribution >= 4 is 38.2 Å². The molecule has 2 aromatic rings. The molecule has 2 aliphatic rings. The van der Waals surface area contributed by atoms with E-state index in [1.54, 1.807) is 17.2 Å². The van der Waals surface area contributed by atoms with E-state index < -0.39 is 10.0 Å². The van der Waals surface area contributed by atoms with Crippen molar-refractivity contribution < 1.29 is 13.2 Å². The van der Waals surface area contributed by atoms with Gasteiger partial charge in [-0.3, -0.25) is 10.1 Å². The number of hydrogen-bond acceptors (Lipinski definition) is 6. The summed E-state index contributed by atoms with van der Waals surface area (Å²) < 4.78 is 26.9. The summed E-state index contributed by atoms with van der Waals surface area (Å²) in [7, 11) is -3.41. The first-order chi connectivity index (χ1) is 13.3. The molecule has 3 heterocycles. The third-order valence-corrected chi connectivity index (χ3v) is 6.48. The summed E-state index contributed by atoms with van der Waals surface area (Å²) in [5.74, 6) is -0.0381. The van der Waals surface area contributed by atoms with Gasteiger partial charge in [-0.05, 0) is 26.0 Å². The molecule has 0 spiro atoms. The lowest BCUT2D eigenvalue weighted by molar-refractivity contribution is -0.112. The first-order valence-corrected chi connectivity index (χ1v) is 11.1. The number of thiazole rings is 1. The van der Waals surface area contributed by atoms with Crippen molar-refractivity contribution in [2.45, 2.75) is 13.8 Å². The highest BCUT2D eigenvalue weighted by molar-refractivity contribution is 7.90. The summed E-state index contributed by atoms with van der Waals surface area (Å²) in [4.78, 5) is 19.9. The van der Waals surface area contributed by atoms with Crippen LogP contribution < -0.4 is 5.32 Å². The van der Waals surface area contributed by atoms with E-state index >= 15 is 0 Å². The maximum Gasteiger partial charge on any atom is 0.258 e. The van der Waals surface area contributed by atoms with Gasteiger partial charge in [-0.15, -0.1) is 15.7 Å². The van der Waals surface area contributed by atoms with Gasteiger partial charge in [0.2, 0.25) is 0 Å². The first-order valence-electron chi connectivity index (χ1n) is 8.66. The smallest absolute Gasteiger partial charge is 0.258 e. The topological polar surface area (TPSA) is 91.7 Å². The van der Waals surface area contributed by atoms with Crippen molar-refractivity contribution in [1.82, 2.24) is 9.88 Å². The van der Waals surface area contributed by atoms with Gasteiger partial charge in [0.25, 0.3) is 15.9 Å². The Morgan fingerprint density at radius 1 is 1.18 bits per heavy atom. The van der Waals surface area contributed by atoms with Gasteiger partial charge in [0.15, 0.2) is 5.13 Å². The fourth-order valence-electron chi connectivity index (χ4n) is 2.93. The lowest BCUT2D eigenvalue weighted by Crippen LogP contribution is -2.37. The van der Waals surface area contributed by atoms with Gasteiger partial charge in [-0.1, -0.05) is 29.8 Å². The molecule has 0 fully saturated rings. The zero-order valence-electron chi connectivity index (χ0n) is 15.3. The second kappa shape index (κ2) is 6.99. The number of hydrogen-bond donors (Lipinski definition) is 1. The minimum Gasteiger partial charge on any atom is -0.330 e. The molecule has 0 bridgehead atoms. The Morgan fingerprint density at radius 2 is 1.93 bits per heavy atom. The van der Waals surface area contributed by atoms with E-state index in [2.05, 4.69) is 14.7 Å². The number of anilines is 1. The van der Waals surface area contributed by atoms with Gasteiger partial charge in [0.1, 0.15) is 5.84 Å². The fraction of sp³-hybridized carbons (Fsp3) is 0.211. The molecule has 1 amide bonds. The molecule has 0 saturated heterocycles. The van der Waals surface area contributed by atoms with E-state index in [-0.39, 0.29) is 18.2 Å². The molecular weight excluding hydrogens is 396 g/mol. The second-order valence-corrected chi connectivity index (χ2v) is 9.55. The number of nitrogens with one attached hydrogen (secondary N) is 1. The van der Waals surface area contributed by atoms with Crippen LogP contribution in [-0.4, -0.2) is 42.3 Å². The molecule has 144 valence electrons. The third kappa shape index (κ3) is 3.76. The molecule has 0 saturated carbocycles. The molecule has 7 nitrogen and oxygen atoms in total. The van der Waals surface area contributed by atoms with Crippen LogP contribution in [0.15, 0.2) is 52.6 Å². The lowest BCUT2D eigenvalue weighted by atomic mass is 10.1. The van der Waals surface area contributed by atoms with Gasteiger partial charge in [0, 0.05) is 23.2 Å². The monoisotopic (exact) mass is 414 g/mol. The average molecular weight is 415 g/mol. The number of benzene rings is 1. The van der Waals surface area contributed by atoms with Gasteiger partial charge in [0.05, 0.1) is 17.0 Å². The van der Waals surface area contributed by atoms with E-state index in [4.69, 9.17) is 0 Å². The summed E-state index contributed by atoms with van der Waals surface area (Å²) in [6, 6.07) is 8.09. The van der Waals surface area contributed by atoms with Crippen molar-refractivity contribution in [1.29, 1.82) is 0 Å². The number of rotatable bonds is 3. The van der Waals surface area contributed by atoms with E-state index in [1.165, 1.54) is 23.0 Å². The molecule has 28 heavy (non-hydrogen) atoms. The number of amidine groups is 1. The SMILES string of the molecule is Cc1ccc(-c2nc(NC(=O)C3=CN4CCS(=O)(=O)N=C4C=C3)sc2C)cc1. The predicted octanol–water partition coefficient (Wildman–Crippen LogP) is 2.86. The molecule has 0 unspecified atom stereocenters. The first kappa shape index (κ1) is 18.6. The molecule has 1 N–H and O–H groups in total. The number of fused-ring (bicyclic) bond motifs is 1. The minimum atomic E-state index is -3.41. The van der Waals surface area contributed by atoms with Gasteiger partial charge >= 0.3 is 0 Å². The van der Waals surface area contributed by atoms with E-state index in [1.807, 2.05) is 38.1 Å². The summed E-state index contributed by atoms with van der Waals surface area (Å²) >= 11 is 1.42. The van der Waals surface area contributed by atoms with Gasteiger partial charge < -0.3 is 4.90 Å². The van der Waals surface area contributed by atoms with Crippen molar-refractivity contribution in [3.8, 4) is 11.3 Å². The van der Waals surface area contributed by atoms with E-state index in [0.717, 1.165) is 16.1 Å². The Morgan fingerprint density at radius 3 is 2.68 bits per heavy atom. The maximum atomic E-state index is 12.6. The zero-order chi connectivity index (χ0) is 19.9. The quantitative estimate of drug-likeness (QED) is 0.834. The molecule has 4 rings (SSSR count). The van der Waals surface area contributed by atoms with E-state index in [0.29, 0.717) is 16.5 Å². The van der Waals surface area contributed by atoms with Crippen LogP contribution in [0.25, 0.3) is 11.3 Å². The zero-order valence-corrected chi connectivity index (χ0v) is 17.0. The molecule has 1 aromatic carbocycles. The summed E-state index contributed by atoms with van der Waals surface area (Å²) in [6.45, 7) is 4.28. The lowest BCUT2D eigenvalue weighted by Gasteiger charge is -2.26. The highest BCUT2D eigenvalue weighted by Gasteiger charge is 2.25. The van der Waals surface area contributed by atoms with E-state index in [9.17, 15) is 13.2 Å². The number of aryl methyl sites for hydroxylation is 2. The molecule has 9 heteroatoms. The van der Waals surface area contributed by atoms with Crippen LogP contribution in [0.3, 0.4) is 0 Å². The maximum absolute atomic E-state index is 12.6. The minimum absolute atomic E-state index is 0.0681. The van der Waals surface area contributed by atoms with Crippen LogP contribution >= 0.6 is 11.3 Å². The Labute approximate surface area is 167 Å². The van der Waals surface area contributed by atoms with Crippen molar-refractivity contribution in [2.75, 3.05) is 17.6 Å². The normalized spacial score (nSPS) is 17.6. The average Bonchev–Trinajstić information content (AvgIpc) is 3.01. The van der Waals surface area contributed by atoms with Crippen LogP contribution in [-0.2, 0) is 14.8 Å². The fourth-order valence-corrected chi connectivity index (χ4v) is 4.73. The van der Waals surface area contributed by atoms with Crippen LogP contribution in [0, 0.1) is 13.8 Å². The Bertz CT molecular complexity index is 1140. The molecule has 0 atom stereocenters. The highest BCUT2D eigenvalue weighted by atomic mass is 32.2. The van der Waals surface area contributed by atoms with Crippen molar-refractivity contribution in [3.05, 3.63) is 58.6 Å². The van der Waals surface area contributed by atoms with Crippen LogP contribution in [0.5, 0.6) is 0 Å². The number of aromatic nitrogens is 1. The standard InChI is InChI=1S/C19H18N4O3S2/c1-12-3-5-14(6-4-12)17-13(2)27-19(20-17)21-18(24)15-7-8-16-22-28(25,26)10-9-23(16)11-15/h3-8,11H,9-10H2,1-2H3,(H,20,21,24). The van der Waals surface area contributed by atoms with Crippen molar-refractivity contribution in [3.63, 3.8) is 0 Å². The third-order valence-electron chi connectivity index (χ3n) is 4.43. The number of nitrogens with zero attached hydrogens (tertiary/aromatic N) is 3. The summed E-state index contributed by atoms with van der Waals surface area (Å²) in [5.41, 5.74) is 3.45. The molecule has 0 radical (unpaired) electrons. The van der Waals surface area contributed by atoms with Crippen LogP contribution in [0.1, 0.15) is 10.4 Å². The number of carbonyl (C=O) groups is 1. The molecular formula is C19H18N4O3S2. The number of amides is 1. The predicted molar refractivity (Wildman–Crippen MR) is 111 cm³/mol. The van der Waals surface area contributed by atoms with Gasteiger partial charge in [-0.25, -0.2) is 13.4 Å². The Balaban J connectivity index is 1.52. The number of carbonyl (C=O) groups excluding carboxylic acids is 1. The van der Waals surface area contributed by atoms with Crippen molar-refractivity contribution in [2.24, 2.45) is 4.40 Å². The molecule has 0 aliphatic carbocycles. The Kier molecular flexibility index (Phi) is 4.64. The summed E-state index contributed by atoms with van der Waals surface area (Å²) in [5, 5.41) is 3.35. The van der Waals surface area contributed by atoms with Crippen LogP contribution in [0.4, 0.5) is 5.13 Å². The Hall–Kier alpha value is -2.78. The second-order valence-electron chi connectivity index (χ2n) is 6.59.